The molecule has 0 amide bonds. The smallest absolute Gasteiger partial charge is 0.213 e. The molecular formula is C12H21NO. The van der Waals surface area contributed by atoms with Crippen LogP contribution < -0.4 is 4.74 Å². The Labute approximate surface area is 87.3 Å². The standard InChI is InChI=1S/C10H15NO.C2H6/c1-4-5-9-6-8(2)7-10(11-9)12-3;1-2/h6-7H,4-5H2,1-3H3;1-2H3. The van der Waals surface area contributed by atoms with Gasteiger partial charge in [0.05, 0.1) is 7.11 Å². The van der Waals surface area contributed by atoms with Crippen molar-refractivity contribution in [3.05, 3.63) is 23.4 Å². The van der Waals surface area contributed by atoms with Gasteiger partial charge in [-0.2, -0.15) is 0 Å². The van der Waals surface area contributed by atoms with E-state index in [1.165, 1.54) is 5.56 Å². The van der Waals surface area contributed by atoms with Crippen molar-refractivity contribution in [2.24, 2.45) is 0 Å². The molecule has 0 unspecified atom stereocenters. The van der Waals surface area contributed by atoms with Crippen LogP contribution in [0.25, 0.3) is 0 Å². The Hall–Kier alpha value is -1.05. The highest BCUT2D eigenvalue weighted by atomic mass is 16.5. The van der Waals surface area contributed by atoms with Crippen LogP contribution in [0.1, 0.15) is 38.4 Å². The first-order chi connectivity index (χ1) is 6.76. The minimum Gasteiger partial charge on any atom is -0.481 e. The van der Waals surface area contributed by atoms with E-state index in [1.807, 2.05) is 19.9 Å². The van der Waals surface area contributed by atoms with Gasteiger partial charge in [0.25, 0.3) is 0 Å². The third kappa shape index (κ3) is 4.26. The maximum absolute atomic E-state index is 5.07. The molecule has 0 radical (unpaired) electrons. The Bertz CT molecular complexity index is 258. The molecule has 0 spiro atoms. The van der Waals surface area contributed by atoms with E-state index in [2.05, 4.69) is 24.9 Å². The molecule has 2 nitrogen and oxygen atoms in total. The summed E-state index contributed by atoms with van der Waals surface area (Å²) in [6.45, 7) is 8.21. The lowest BCUT2D eigenvalue weighted by Gasteiger charge is -2.03. The number of aryl methyl sites for hydroxylation is 2. The second-order valence-corrected chi connectivity index (χ2v) is 2.93. The topological polar surface area (TPSA) is 22.1 Å². The van der Waals surface area contributed by atoms with Crippen LogP contribution in [0.4, 0.5) is 0 Å². The Morgan fingerprint density at radius 1 is 1.29 bits per heavy atom. The molecule has 0 saturated carbocycles. The largest absolute Gasteiger partial charge is 0.481 e. The SMILES string of the molecule is CC.CCCc1cc(C)cc(OC)n1. The molecule has 0 saturated heterocycles. The predicted molar refractivity (Wildman–Crippen MR) is 60.9 cm³/mol. The van der Waals surface area contributed by atoms with E-state index >= 15 is 0 Å². The van der Waals surface area contributed by atoms with E-state index in [4.69, 9.17) is 4.74 Å². The number of aromatic nitrogens is 1. The van der Waals surface area contributed by atoms with Crippen molar-refractivity contribution in [2.75, 3.05) is 7.11 Å². The normalized spacial score (nSPS) is 8.93. The van der Waals surface area contributed by atoms with E-state index in [-0.39, 0.29) is 0 Å². The summed E-state index contributed by atoms with van der Waals surface area (Å²) in [6.07, 6.45) is 2.15. The fraction of sp³-hybridized carbons (Fsp3) is 0.583. The van der Waals surface area contributed by atoms with E-state index in [0.717, 1.165) is 24.4 Å². The molecule has 1 heterocycles. The number of hydrogen-bond acceptors (Lipinski definition) is 2. The number of hydrogen-bond donors (Lipinski definition) is 0. The van der Waals surface area contributed by atoms with Crippen molar-refractivity contribution in [1.82, 2.24) is 4.98 Å². The number of nitrogens with zero attached hydrogens (tertiary/aromatic N) is 1. The average molecular weight is 195 g/mol. The van der Waals surface area contributed by atoms with E-state index in [9.17, 15) is 0 Å². The van der Waals surface area contributed by atoms with E-state index < -0.39 is 0 Å². The summed E-state index contributed by atoms with van der Waals surface area (Å²) >= 11 is 0. The Kier molecular flexibility index (Phi) is 6.81. The fourth-order valence-corrected chi connectivity index (χ4v) is 1.19. The quantitative estimate of drug-likeness (QED) is 0.737. The lowest BCUT2D eigenvalue weighted by atomic mass is 10.2. The second kappa shape index (κ2) is 7.36. The minimum absolute atomic E-state index is 0.721. The molecule has 0 bridgehead atoms. The van der Waals surface area contributed by atoms with Crippen molar-refractivity contribution in [1.29, 1.82) is 0 Å². The lowest BCUT2D eigenvalue weighted by molar-refractivity contribution is 0.396. The van der Waals surface area contributed by atoms with Gasteiger partial charge >= 0.3 is 0 Å². The Balaban J connectivity index is 0.000000791. The molecule has 14 heavy (non-hydrogen) atoms. The third-order valence-electron chi connectivity index (χ3n) is 1.71. The zero-order chi connectivity index (χ0) is 11.0. The first-order valence-electron chi connectivity index (χ1n) is 5.27. The molecule has 0 aliphatic carbocycles. The van der Waals surface area contributed by atoms with Crippen LogP contribution in [0, 0.1) is 6.92 Å². The number of rotatable bonds is 3. The van der Waals surface area contributed by atoms with Crippen molar-refractivity contribution in [3.8, 4) is 5.88 Å². The molecule has 0 aromatic carbocycles. The number of ether oxygens (including phenoxy) is 1. The van der Waals surface area contributed by atoms with Gasteiger partial charge in [-0.1, -0.05) is 27.2 Å². The summed E-state index contributed by atoms with van der Waals surface area (Å²) in [5, 5.41) is 0. The van der Waals surface area contributed by atoms with Crippen LogP contribution in [-0.4, -0.2) is 12.1 Å². The summed E-state index contributed by atoms with van der Waals surface area (Å²) in [5.74, 6) is 0.721. The van der Waals surface area contributed by atoms with E-state index in [0.29, 0.717) is 0 Å². The van der Waals surface area contributed by atoms with Gasteiger partial charge in [0.15, 0.2) is 0 Å². The van der Waals surface area contributed by atoms with Crippen molar-refractivity contribution in [3.63, 3.8) is 0 Å². The van der Waals surface area contributed by atoms with Gasteiger partial charge in [-0.15, -0.1) is 0 Å². The first-order valence-corrected chi connectivity index (χ1v) is 5.27. The minimum atomic E-state index is 0.721. The number of pyridine rings is 1. The molecule has 0 aliphatic rings. The highest BCUT2D eigenvalue weighted by molar-refractivity contribution is 5.23. The average Bonchev–Trinajstić information content (AvgIpc) is 2.20. The van der Waals surface area contributed by atoms with E-state index in [1.54, 1.807) is 7.11 Å². The maximum atomic E-state index is 5.07. The molecule has 0 fully saturated rings. The van der Waals surface area contributed by atoms with Crippen LogP contribution in [0.2, 0.25) is 0 Å². The van der Waals surface area contributed by atoms with Gasteiger partial charge in [0, 0.05) is 11.8 Å². The molecular weight excluding hydrogens is 174 g/mol. The maximum Gasteiger partial charge on any atom is 0.213 e. The van der Waals surface area contributed by atoms with Gasteiger partial charge in [0.2, 0.25) is 5.88 Å². The highest BCUT2D eigenvalue weighted by Gasteiger charge is 1.98. The van der Waals surface area contributed by atoms with Crippen molar-refractivity contribution < 1.29 is 4.74 Å². The van der Waals surface area contributed by atoms with Gasteiger partial charge in [-0.05, 0) is 25.0 Å². The molecule has 0 N–H and O–H groups in total. The summed E-state index contributed by atoms with van der Waals surface area (Å²) in [5.41, 5.74) is 2.33. The van der Waals surface area contributed by atoms with Crippen LogP contribution in [0.3, 0.4) is 0 Å². The van der Waals surface area contributed by atoms with Gasteiger partial charge < -0.3 is 4.74 Å². The Morgan fingerprint density at radius 2 is 1.93 bits per heavy atom. The monoisotopic (exact) mass is 195 g/mol. The molecule has 0 aliphatic heterocycles. The summed E-state index contributed by atoms with van der Waals surface area (Å²) in [4.78, 5) is 4.32. The van der Waals surface area contributed by atoms with Crippen LogP contribution in [0.15, 0.2) is 12.1 Å². The van der Waals surface area contributed by atoms with Crippen LogP contribution >= 0.6 is 0 Å². The molecule has 2 heteroatoms. The number of methoxy groups -OCH3 is 1. The Morgan fingerprint density at radius 3 is 2.43 bits per heavy atom. The summed E-state index contributed by atoms with van der Waals surface area (Å²) < 4.78 is 5.07. The molecule has 1 aromatic heterocycles. The molecule has 0 atom stereocenters. The molecule has 80 valence electrons. The van der Waals surface area contributed by atoms with Crippen LogP contribution in [0.5, 0.6) is 5.88 Å². The zero-order valence-electron chi connectivity index (χ0n) is 9.92. The zero-order valence-corrected chi connectivity index (χ0v) is 9.92. The molecule has 1 aromatic rings. The van der Waals surface area contributed by atoms with Gasteiger partial charge in [-0.25, -0.2) is 4.98 Å². The lowest BCUT2D eigenvalue weighted by Crippen LogP contribution is -1.94. The summed E-state index contributed by atoms with van der Waals surface area (Å²) in [6, 6.07) is 4.05. The third-order valence-corrected chi connectivity index (χ3v) is 1.71. The summed E-state index contributed by atoms with van der Waals surface area (Å²) in [7, 11) is 1.65. The van der Waals surface area contributed by atoms with Crippen LogP contribution in [-0.2, 0) is 6.42 Å². The highest BCUT2D eigenvalue weighted by Crippen LogP contribution is 2.12. The first kappa shape index (κ1) is 12.9. The molecule has 1 rings (SSSR count). The fourth-order valence-electron chi connectivity index (χ4n) is 1.19. The predicted octanol–water partition coefficient (Wildman–Crippen LogP) is 3.38. The second-order valence-electron chi connectivity index (χ2n) is 2.93. The van der Waals surface area contributed by atoms with Gasteiger partial charge in [-0.3, -0.25) is 0 Å². The van der Waals surface area contributed by atoms with Gasteiger partial charge in [0.1, 0.15) is 0 Å². The van der Waals surface area contributed by atoms with Crippen molar-refractivity contribution in [2.45, 2.75) is 40.5 Å². The van der Waals surface area contributed by atoms with Crippen molar-refractivity contribution >= 4 is 0 Å².